The maximum atomic E-state index is 12.7. The Morgan fingerprint density at radius 3 is 2.64 bits per heavy atom. The second kappa shape index (κ2) is 8.28. The molecule has 2 heterocycles. The molecule has 9 heteroatoms. The number of carboxylic acids is 1. The van der Waals surface area contributed by atoms with Gasteiger partial charge >= 0.3 is 5.97 Å². The van der Waals surface area contributed by atoms with E-state index in [0.29, 0.717) is 54.8 Å². The van der Waals surface area contributed by atoms with Crippen LogP contribution in [0.25, 0.3) is 10.9 Å². The maximum Gasteiger partial charge on any atom is 0.326 e. The van der Waals surface area contributed by atoms with Crippen LogP contribution in [0.3, 0.4) is 0 Å². The highest BCUT2D eigenvalue weighted by Gasteiger charge is 2.33. The Kier molecular flexibility index (Phi) is 5.81. The first-order chi connectivity index (χ1) is 13.5. The van der Waals surface area contributed by atoms with E-state index in [0.717, 1.165) is 0 Å². The van der Waals surface area contributed by atoms with E-state index in [2.05, 4.69) is 4.98 Å². The Hall–Kier alpha value is -3.10. The Morgan fingerprint density at radius 1 is 1.25 bits per heavy atom. The number of fused-ring (bicyclic) bond motifs is 1. The summed E-state index contributed by atoms with van der Waals surface area (Å²) in [5, 5.41) is 9.59. The summed E-state index contributed by atoms with van der Waals surface area (Å²) in [6.45, 7) is 0.780. The second-order valence-electron chi connectivity index (χ2n) is 6.65. The molecule has 28 heavy (non-hydrogen) atoms. The van der Waals surface area contributed by atoms with Crippen LogP contribution < -0.4 is 15.0 Å². The molecule has 1 amide bonds. The maximum absolute atomic E-state index is 12.7. The Morgan fingerprint density at radius 2 is 1.96 bits per heavy atom. The smallest absolute Gasteiger partial charge is 0.326 e. The standard InChI is InChI=1S/C19H23N3O6/c1-27-15-9-12-13(10-16(15)28-2)20-11-21(18(12)24)7-4-6-17(23)22-8-3-5-14(22)19(25)26/h9-11,14H,3-8H2,1-2H3,(H,25,26)/t14-/m0/s1. The number of aliphatic carboxylic acids is 1. The number of aromatic nitrogens is 2. The number of hydrogen-bond donors (Lipinski definition) is 1. The van der Waals surface area contributed by atoms with E-state index in [1.807, 2.05) is 0 Å². The highest BCUT2D eigenvalue weighted by Crippen LogP contribution is 2.29. The number of hydrogen-bond acceptors (Lipinski definition) is 6. The quantitative estimate of drug-likeness (QED) is 0.759. The van der Waals surface area contributed by atoms with Crippen LogP contribution in [0.4, 0.5) is 0 Å². The molecule has 1 fully saturated rings. The number of carboxylic acid groups (broad SMARTS) is 1. The lowest BCUT2D eigenvalue weighted by atomic mass is 10.2. The minimum atomic E-state index is -0.967. The predicted molar refractivity (Wildman–Crippen MR) is 101 cm³/mol. The first-order valence-electron chi connectivity index (χ1n) is 9.09. The minimum absolute atomic E-state index is 0.181. The van der Waals surface area contributed by atoms with Crippen molar-refractivity contribution in [2.45, 2.75) is 38.3 Å². The molecule has 1 atom stereocenters. The molecule has 0 saturated carbocycles. The van der Waals surface area contributed by atoms with Crippen molar-refractivity contribution in [3.05, 3.63) is 28.8 Å². The fourth-order valence-electron chi connectivity index (χ4n) is 3.51. The van der Waals surface area contributed by atoms with Crippen molar-refractivity contribution in [3.63, 3.8) is 0 Å². The number of amides is 1. The Balaban J connectivity index is 1.71. The van der Waals surface area contributed by atoms with Crippen molar-refractivity contribution in [1.29, 1.82) is 0 Å². The van der Waals surface area contributed by atoms with E-state index in [1.54, 1.807) is 12.1 Å². The lowest BCUT2D eigenvalue weighted by Gasteiger charge is -2.21. The summed E-state index contributed by atoms with van der Waals surface area (Å²) < 4.78 is 11.9. The normalized spacial score (nSPS) is 16.4. The second-order valence-corrected chi connectivity index (χ2v) is 6.65. The van der Waals surface area contributed by atoms with Crippen LogP contribution in [0, 0.1) is 0 Å². The molecule has 1 aromatic carbocycles. The van der Waals surface area contributed by atoms with E-state index in [4.69, 9.17) is 9.47 Å². The molecule has 1 saturated heterocycles. The highest BCUT2D eigenvalue weighted by atomic mass is 16.5. The van der Waals surface area contributed by atoms with Gasteiger partial charge < -0.3 is 19.5 Å². The Labute approximate surface area is 161 Å². The van der Waals surface area contributed by atoms with Crippen molar-refractivity contribution in [1.82, 2.24) is 14.5 Å². The number of likely N-dealkylation sites (tertiary alicyclic amines) is 1. The highest BCUT2D eigenvalue weighted by molar-refractivity contribution is 5.84. The summed E-state index contributed by atoms with van der Waals surface area (Å²) in [4.78, 5) is 42.0. The van der Waals surface area contributed by atoms with Crippen LogP contribution in [-0.4, -0.2) is 58.2 Å². The molecular formula is C19H23N3O6. The van der Waals surface area contributed by atoms with Gasteiger partial charge in [-0.25, -0.2) is 9.78 Å². The van der Waals surface area contributed by atoms with Crippen LogP contribution in [0.1, 0.15) is 25.7 Å². The van der Waals surface area contributed by atoms with Crippen LogP contribution >= 0.6 is 0 Å². The van der Waals surface area contributed by atoms with Crippen LogP contribution in [-0.2, 0) is 16.1 Å². The van der Waals surface area contributed by atoms with Gasteiger partial charge in [0.15, 0.2) is 11.5 Å². The van der Waals surface area contributed by atoms with Gasteiger partial charge in [0.25, 0.3) is 5.56 Å². The monoisotopic (exact) mass is 389 g/mol. The Bertz CT molecular complexity index is 955. The summed E-state index contributed by atoms with van der Waals surface area (Å²) in [6, 6.07) is 2.50. The zero-order chi connectivity index (χ0) is 20.3. The first kappa shape index (κ1) is 19.7. The molecule has 9 nitrogen and oxygen atoms in total. The molecule has 0 spiro atoms. The van der Waals surface area contributed by atoms with Gasteiger partial charge in [-0.1, -0.05) is 0 Å². The summed E-state index contributed by atoms with van der Waals surface area (Å²) >= 11 is 0. The average Bonchev–Trinajstić information content (AvgIpc) is 3.19. The van der Waals surface area contributed by atoms with Crippen LogP contribution in [0.5, 0.6) is 11.5 Å². The lowest BCUT2D eigenvalue weighted by molar-refractivity contribution is -0.148. The zero-order valence-corrected chi connectivity index (χ0v) is 15.9. The molecule has 0 radical (unpaired) electrons. The molecule has 2 aromatic rings. The third-order valence-corrected chi connectivity index (χ3v) is 4.98. The lowest BCUT2D eigenvalue weighted by Crippen LogP contribution is -2.40. The SMILES string of the molecule is COc1cc2ncn(CCCC(=O)N3CCC[C@H]3C(=O)O)c(=O)c2cc1OC. The number of carbonyl (C=O) groups is 2. The van der Waals surface area contributed by atoms with Gasteiger partial charge in [0.1, 0.15) is 6.04 Å². The van der Waals surface area contributed by atoms with Gasteiger partial charge in [0, 0.05) is 25.6 Å². The van der Waals surface area contributed by atoms with E-state index in [1.165, 1.54) is 30.0 Å². The van der Waals surface area contributed by atoms with E-state index in [-0.39, 0.29) is 17.9 Å². The van der Waals surface area contributed by atoms with Crippen molar-refractivity contribution < 1.29 is 24.2 Å². The van der Waals surface area contributed by atoms with Crippen molar-refractivity contribution in [3.8, 4) is 11.5 Å². The van der Waals surface area contributed by atoms with E-state index >= 15 is 0 Å². The first-order valence-corrected chi connectivity index (χ1v) is 9.09. The molecule has 0 unspecified atom stereocenters. The largest absolute Gasteiger partial charge is 0.493 e. The van der Waals surface area contributed by atoms with Gasteiger partial charge in [-0.3, -0.25) is 14.2 Å². The van der Waals surface area contributed by atoms with E-state index < -0.39 is 12.0 Å². The summed E-state index contributed by atoms with van der Waals surface area (Å²) in [5.74, 6) is -0.234. The number of benzene rings is 1. The molecule has 3 rings (SSSR count). The third-order valence-electron chi connectivity index (χ3n) is 4.98. The van der Waals surface area contributed by atoms with Gasteiger partial charge in [0.05, 0.1) is 31.4 Å². The molecule has 1 aromatic heterocycles. The van der Waals surface area contributed by atoms with Gasteiger partial charge in [-0.2, -0.15) is 0 Å². The van der Waals surface area contributed by atoms with Crippen LogP contribution in [0.2, 0.25) is 0 Å². The van der Waals surface area contributed by atoms with Gasteiger partial charge in [-0.05, 0) is 25.3 Å². The molecule has 1 aliphatic rings. The number of carbonyl (C=O) groups excluding carboxylic acids is 1. The summed E-state index contributed by atoms with van der Waals surface area (Å²) in [7, 11) is 3.00. The van der Waals surface area contributed by atoms with Gasteiger partial charge in [0.2, 0.25) is 5.91 Å². The number of nitrogens with zero attached hydrogens (tertiary/aromatic N) is 3. The molecule has 0 aliphatic carbocycles. The average molecular weight is 389 g/mol. The zero-order valence-electron chi connectivity index (χ0n) is 15.9. The number of ether oxygens (including phenoxy) is 2. The van der Waals surface area contributed by atoms with Crippen LogP contribution in [0.15, 0.2) is 23.3 Å². The third kappa shape index (κ3) is 3.78. The number of rotatable bonds is 7. The molecule has 0 bridgehead atoms. The molecule has 1 aliphatic heterocycles. The van der Waals surface area contributed by atoms with Crippen molar-refractivity contribution >= 4 is 22.8 Å². The topological polar surface area (TPSA) is 111 Å². The molecular weight excluding hydrogens is 366 g/mol. The van der Waals surface area contributed by atoms with E-state index in [9.17, 15) is 19.5 Å². The molecule has 1 N–H and O–H groups in total. The molecule has 150 valence electrons. The van der Waals surface area contributed by atoms with Crippen molar-refractivity contribution in [2.24, 2.45) is 0 Å². The summed E-state index contributed by atoms with van der Waals surface area (Å²) in [5.41, 5.74) is 0.263. The van der Waals surface area contributed by atoms with Gasteiger partial charge in [-0.15, -0.1) is 0 Å². The fourth-order valence-corrected chi connectivity index (χ4v) is 3.51. The number of methoxy groups -OCH3 is 2. The minimum Gasteiger partial charge on any atom is -0.493 e. The fraction of sp³-hybridized carbons (Fsp3) is 0.474. The van der Waals surface area contributed by atoms with Crippen molar-refractivity contribution in [2.75, 3.05) is 20.8 Å². The predicted octanol–water partition coefficient (Wildman–Crippen LogP) is 1.27. The number of aryl methyl sites for hydroxylation is 1. The summed E-state index contributed by atoms with van der Waals surface area (Å²) in [6.07, 6.45) is 3.22.